The second-order valence-electron chi connectivity index (χ2n) is 8.15. The molecule has 0 saturated carbocycles. The summed E-state index contributed by atoms with van der Waals surface area (Å²) in [7, 11) is -3.39. The van der Waals surface area contributed by atoms with Crippen molar-refractivity contribution >= 4 is 39.0 Å². The van der Waals surface area contributed by atoms with Gasteiger partial charge in [0.2, 0.25) is 10.0 Å². The lowest BCUT2D eigenvalue weighted by atomic mass is 9.98. The number of fused-ring (bicyclic) bond motifs is 1. The molecule has 9 nitrogen and oxygen atoms in total. The lowest BCUT2D eigenvalue weighted by molar-refractivity contribution is -0.118. The van der Waals surface area contributed by atoms with Crippen molar-refractivity contribution in [3.8, 4) is 5.75 Å². The Morgan fingerprint density at radius 3 is 2.46 bits per heavy atom. The quantitative estimate of drug-likeness (QED) is 0.463. The highest BCUT2D eigenvalue weighted by Gasteiger charge is 2.23. The van der Waals surface area contributed by atoms with Crippen LogP contribution >= 0.6 is 0 Å². The van der Waals surface area contributed by atoms with Crippen molar-refractivity contribution in [2.45, 2.75) is 13.0 Å². The number of rotatable bonds is 7. The number of urea groups is 1. The number of para-hydroxylation sites is 1. The van der Waals surface area contributed by atoms with Gasteiger partial charge in [0.25, 0.3) is 5.91 Å². The van der Waals surface area contributed by atoms with E-state index in [4.69, 9.17) is 4.74 Å². The molecule has 3 aromatic rings. The average Bonchev–Trinajstić information content (AvgIpc) is 2.82. The first-order valence-corrected chi connectivity index (χ1v) is 12.9. The van der Waals surface area contributed by atoms with E-state index in [2.05, 4.69) is 15.4 Å². The first-order valence-electron chi connectivity index (χ1n) is 11.0. The molecule has 0 radical (unpaired) electrons. The predicted molar refractivity (Wildman–Crippen MR) is 135 cm³/mol. The first kappa shape index (κ1) is 24.1. The number of anilines is 3. The number of hydrogen-bond acceptors (Lipinski definition) is 5. The van der Waals surface area contributed by atoms with Crippen molar-refractivity contribution in [1.82, 2.24) is 4.90 Å². The van der Waals surface area contributed by atoms with Crippen LogP contribution in [-0.2, 0) is 27.8 Å². The average molecular weight is 495 g/mol. The number of amides is 3. The van der Waals surface area contributed by atoms with Gasteiger partial charge in [0, 0.05) is 30.5 Å². The molecule has 0 fully saturated rings. The molecule has 1 heterocycles. The van der Waals surface area contributed by atoms with Crippen molar-refractivity contribution in [3.63, 3.8) is 0 Å². The number of sulfonamides is 1. The molecule has 3 aromatic carbocycles. The zero-order valence-electron chi connectivity index (χ0n) is 19.2. The fourth-order valence-electron chi connectivity index (χ4n) is 3.81. The maximum Gasteiger partial charge on any atom is 0.322 e. The van der Waals surface area contributed by atoms with Gasteiger partial charge in [0.05, 0.1) is 11.9 Å². The van der Waals surface area contributed by atoms with Gasteiger partial charge in [0.15, 0.2) is 6.61 Å². The van der Waals surface area contributed by atoms with Crippen LogP contribution in [0.5, 0.6) is 5.75 Å². The Kier molecular flexibility index (Phi) is 7.21. The highest BCUT2D eigenvalue weighted by molar-refractivity contribution is 7.92. The van der Waals surface area contributed by atoms with Gasteiger partial charge in [-0.1, -0.05) is 36.4 Å². The number of carbonyl (C=O) groups is 2. The molecule has 0 unspecified atom stereocenters. The fraction of sp³-hybridized carbons (Fsp3) is 0.200. The van der Waals surface area contributed by atoms with Crippen LogP contribution < -0.4 is 20.1 Å². The monoisotopic (exact) mass is 494 g/mol. The summed E-state index contributed by atoms with van der Waals surface area (Å²) in [6, 6.07) is 21.0. The van der Waals surface area contributed by atoms with Crippen LogP contribution in [0.4, 0.5) is 21.9 Å². The predicted octanol–water partition coefficient (Wildman–Crippen LogP) is 3.67. The van der Waals surface area contributed by atoms with Gasteiger partial charge in [-0.25, -0.2) is 13.2 Å². The summed E-state index contributed by atoms with van der Waals surface area (Å²) in [5.41, 5.74) is 3.55. The third-order valence-corrected chi connectivity index (χ3v) is 5.95. The lowest BCUT2D eigenvalue weighted by Crippen LogP contribution is -2.39. The summed E-state index contributed by atoms with van der Waals surface area (Å²) in [6.45, 7) is 0.631. The van der Waals surface area contributed by atoms with Crippen molar-refractivity contribution in [2.24, 2.45) is 0 Å². The molecular formula is C25H26N4O5S. The summed E-state index contributed by atoms with van der Waals surface area (Å²) < 4.78 is 31.4. The SMILES string of the molecule is CS(=O)(=O)Nc1cccc2c1CCN(C(=O)Nc1cccc(OCC(=O)Nc3ccccc3)c1)C2. The van der Waals surface area contributed by atoms with E-state index in [0.717, 1.165) is 17.4 Å². The fourth-order valence-corrected chi connectivity index (χ4v) is 4.40. The Balaban J connectivity index is 1.34. The van der Waals surface area contributed by atoms with E-state index in [1.807, 2.05) is 24.3 Å². The van der Waals surface area contributed by atoms with Crippen LogP contribution in [0.15, 0.2) is 72.8 Å². The maximum absolute atomic E-state index is 12.9. The third-order valence-electron chi connectivity index (χ3n) is 5.36. The number of nitrogens with one attached hydrogen (secondary N) is 3. The largest absolute Gasteiger partial charge is 0.484 e. The van der Waals surface area contributed by atoms with Crippen LogP contribution in [0.3, 0.4) is 0 Å². The van der Waals surface area contributed by atoms with Crippen molar-refractivity contribution < 1.29 is 22.7 Å². The Morgan fingerprint density at radius 2 is 1.69 bits per heavy atom. The molecule has 0 bridgehead atoms. The molecule has 3 amide bonds. The molecule has 0 saturated heterocycles. The molecule has 1 aliphatic heterocycles. The molecule has 3 N–H and O–H groups in total. The van der Waals surface area contributed by atoms with E-state index < -0.39 is 10.0 Å². The Bertz CT molecular complexity index is 1330. The molecule has 182 valence electrons. The van der Waals surface area contributed by atoms with Gasteiger partial charge in [-0.15, -0.1) is 0 Å². The summed E-state index contributed by atoms with van der Waals surface area (Å²) in [6.07, 6.45) is 1.64. The standard InChI is InChI=1S/C25H26N4O5S/c1-35(32,33)28-23-12-5-7-18-16-29(14-13-22(18)23)25(31)27-20-10-6-11-21(15-20)34-17-24(30)26-19-8-3-2-4-9-19/h2-12,15,28H,13-14,16-17H2,1H3,(H,26,30)(H,27,31). The Morgan fingerprint density at radius 1 is 0.943 bits per heavy atom. The minimum atomic E-state index is -3.39. The molecule has 4 rings (SSSR count). The first-order chi connectivity index (χ1) is 16.8. The van der Waals surface area contributed by atoms with E-state index in [9.17, 15) is 18.0 Å². The molecule has 0 atom stereocenters. The van der Waals surface area contributed by atoms with Crippen molar-refractivity contribution in [1.29, 1.82) is 0 Å². The van der Waals surface area contributed by atoms with Gasteiger partial charge in [0.1, 0.15) is 5.75 Å². The number of ether oxygens (including phenoxy) is 1. The Hall–Kier alpha value is -4.05. The van der Waals surface area contributed by atoms with Crippen molar-refractivity contribution in [3.05, 3.63) is 83.9 Å². The minimum absolute atomic E-state index is 0.168. The number of nitrogens with zero attached hydrogens (tertiary/aromatic N) is 1. The highest BCUT2D eigenvalue weighted by atomic mass is 32.2. The van der Waals surface area contributed by atoms with E-state index in [1.54, 1.807) is 53.4 Å². The molecule has 1 aliphatic rings. The van der Waals surface area contributed by atoms with E-state index >= 15 is 0 Å². The van der Waals surface area contributed by atoms with Crippen LogP contribution in [0, 0.1) is 0 Å². The van der Waals surface area contributed by atoms with Gasteiger partial charge in [-0.2, -0.15) is 0 Å². The maximum atomic E-state index is 12.9. The van der Waals surface area contributed by atoms with E-state index in [0.29, 0.717) is 42.3 Å². The van der Waals surface area contributed by atoms with Gasteiger partial charge >= 0.3 is 6.03 Å². The number of carbonyl (C=O) groups excluding carboxylic acids is 2. The molecular weight excluding hydrogens is 468 g/mol. The smallest absolute Gasteiger partial charge is 0.322 e. The third kappa shape index (κ3) is 6.73. The van der Waals surface area contributed by atoms with E-state index in [1.165, 1.54) is 0 Å². The topological polar surface area (TPSA) is 117 Å². The van der Waals surface area contributed by atoms with Crippen LogP contribution in [0.1, 0.15) is 11.1 Å². The van der Waals surface area contributed by atoms with Gasteiger partial charge in [-0.3, -0.25) is 9.52 Å². The molecule has 0 aliphatic carbocycles. The summed E-state index contributed by atoms with van der Waals surface area (Å²) in [5, 5.41) is 5.61. The lowest BCUT2D eigenvalue weighted by Gasteiger charge is -2.30. The molecule has 0 spiro atoms. The molecule has 0 aromatic heterocycles. The second kappa shape index (κ2) is 10.5. The zero-order chi connectivity index (χ0) is 24.8. The van der Waals surface area contributed by atoms with Crippen LogP contribution in [-0.4, -0.2) is 44.7 Å². The molecule has 35 heavy (non-hydrogen) atoms. The molecule has 10 heteroatoms. The normalized spacial score (nSPS) is 12.9. The number of benzene rings is 3. The summed E-state index contributed by atoms with van der Waals surface area (Å²) in [5.74, 6) is 0.161. The second-order valence-corrected chi connectivity index (χ2v) is 9.90. The summed E-state index contributed by atoms with van der Waals surface area (Å²) in [4.78, 5) is 26.6. The van der Waals surface area contributed by atoms with Gasteiger partial charge < -0.3 is 20.3 Å². The zero-order valence-corrected chi connectivity index (χ0v) is 20.0. The van der Waals surface area contributed by atoms with Crippen molar-refractivity contribution in [2.75, 3.05) is 34.8 Å². The van der Waals surface area contributed by atoms with Crippen LogP contribution in [0.2, 0.25) is 0 Å². The minimum Gasteiger partial charge on any atom is -0.484 e. The highest BCUT2D eigenvalue weighted by Crippen LogP contribution is 2.27. The Labute approximate surface area is 204 Å². The van der Waals surface area contributed by atoms with Gasteiger partial charge in [-0.05, 0) is 47.9 Å². The van der Waals surface area contributed by atoms with E-state index in [-0.39, 0.29) is 18.5 Å². The van der Waals surface area contributed by atoms with Crippen LogP contribution in [0.25, 0.3) is 0 Å². The summed E-state index contributed by atoms with van der Waals surface area (Å²) >= 11 is 0. The number of hydrogen-bond donors (Lipinski definition) is 3.